The maximum Gasteiger partial charge on any atom is 0.330 e. The summed E-state index contributed by atoms with van der Waals surface area (Å²) in [7, 11) is -17.3. The van der Waals surface area contributed by atoms with Crippen LogP contribution < -0.4 is 45.0 Å². The quantitative estimate of drug-likeness (QED) is 0.0164. The molecule has 4 fully saturated rings. The third-order valence-electron chi connectivity index (χ3n) is 18.4. The standard InChI is InChI=1S/C22H35F3N4O6P2.C14H20F3N2O4P.C14H21F2N2O5P.C13H18F3N2O5P.4CH4/c1-13(2)29(14(3)4)36(33-10-9-26-6)35-18-16(11-22(24,25)37(7,8)32)34-20(17(18)23)28-12-15(5)19(30)27-21(28)31;1-7-6-19(13(21)18-11(7)20)12-10(15)8(2)9(23-12)5-14(16,17)24(3,4)22;1-7-6-18(13(21)17-11(7)20)12-10(19)8(2)9(23-12)5-14(15,16)24(3,4)22;1-6-5-18(12(21)17-10(6)20)11-8(14)9(19)7(23-11)4-13(15,16)24(2,3)22;;;;/h12-14,16-18,20H,9-11H2,1-5,7-8H3,(H,27,30,31);6,8-10,12H,5H2,1-4H3,(H,18,20,21);6,8-10,12,19H,5H2,1-4H3,(H,17,20,21);5,7-9,11,19H,4H2,1-3H3,(H,17,20,21);4*1H4/t16-,17-,18-,20-,36?;8-,9-,10-,12-;8-,9-,10+,12-;7-,8-,9-,11-;;;;/m1111..../s1. The molecule has 4 aliphatic heterocycles. The zero-order valence-electron chi connectivity index (χ0n) is 62.8. The van der Waals surface area contributed by atoms with Crippen molar-refractivity contribution in [1.29, 1.82) is 0 Å². The molecule has 8 heterocycles. The fourth-order valence-corrected chi connectivity index (χ4v) is 15.5. The predicted octanol–water partition coefficient (Wildman–Crippen LogP) is 11.6. The third kappa shape index (κ3) is 25.0. The highest BCUT2D eigenvalue weighted by Gasteiger charge is 2.58. The second-order valence-corrected chi connectivity index (χ2v) is 44.0. The molecule has 113 heavy (non-hydrogen) atoms. The van der Waals surface area contributed by atoms with Gasteiger partial charge in [-0.2, -0.15) is 35.1 Å². The molecule has 4 aliphatic rings. The molecule has 0 aromatic carbocycles. The summed E-state index contributed by atoms with van der Waals surface area (Å²) in [6.07, 6.45) is -21.8. The minimum absolute atomic E-state index is 0. The molecule has 6 N–H and O–H groups in total. The lowest BCUT2D eigenvalue weighted by Gasteiger charge is -2.37. The van der Waals surface area contributed by atoms with E-state index in [0.29, 0.717) is 4.57 Å². The lowest BCUT2D eigenvalue weighted by molar-refractivity contribution is -0.0631. The van der Waals surface area contributed by atoms with E-state index < -0.39 is 228 Å². The number of aliphatic hydroxyl groups excluding tert-OH is 2. The summed E-state index contributed by atoms with van der Waals surface area (Å²) in [5.74, 6) is -1.63. The van der Waals surface area contributed by atoms with Crippen LogP contribution in [0.25, 0.3) is 4.85 Å². The molecule has 0 radical (unpaired) electrons. The van der Waals surface area contributed by atoms with Gasteiger partial charge in [0, 0.05) is 96.6 Å². The van der Waals surface area contributed by atoms with Crippen molar-refractivity contribution in [1.82, 2.24) is 42.9 Å². The summed E-state index contributed by atoms with van der Waals surface area (Å²) in [5.41, 5.74) is -19.9. The number of H-pyrrole nitrogens is 4. The van der Waals surface area contributed by atoms with Crippen LogP contribution in [0, 0.1) is 46.1 Å². The van der Waals surface area contributed by atoms with E-state index in [1.165, 1.54) is 47.7 Å². The summed E-state index contributed by atoms with van der Waals surface area (Å²) in [4.78, 5) is 105. The van der Waals surface area contributed by atoms with Gasteiger partial charge in [-0.3, -0.25) is 57.4 Å². The molecule has 4 aromatic rings. The number of nitrogens with one attached hydrogen (secondary N) is 4. The number of nitrogens with zero attached hydrogens (tertiary/aromatic N) is 6. The van der Waals surface area contributed by atoms with E-state index in [4.69, 9.17) is 34.6 Å². The van der Waals surface area contributed by atoms with Crippen LogP contribution in [0.2, 0.25) is 0 Å². The van der Waals surface area contributed by atoms with Crippen molar-refractivity contribution in [3.63, 3.8) is 0 Å². The number of hydrogen-bond acceptors (Lipinski definition) is 21. The first-order valence-electron chi connectivity index (χ1n) is 33.7. The van der Waals surface area contributed by atoms with Crippen molar-refractivity contribution in [2.45, 2.75) is 246 Å². The van der Waals surface area contributed by atoms with Gasteiger partial charge in [-0.25, -0.2) is 43.6 Å². The number of hydrogen-bond donors (Lipinski definition) is 6. The first kappa shape index (κ1) is 105. The first-order valence-corrected chi connectivity index (χ1v) is 45.2. The van der Waals surface area contributed by atoms with Gasteiger partial charge in [-0.15, -0.1) is 0 Å². The number of aliphatic hydroxyl groups is 2. The summed E-state index contributed by atoms with van der Waals surface area (Å²) < 4.78 is 244. The van der Waals surface area contributed by atoms with Crippen LogP contribution in [0.15, 0.2) is 63.1 Å². The lowest BCUT2D eigenvalue weighted by atomic mass is 9.98. The Balaban J connectivity index is 0.000000759. The van der Waals surface area contributed by atoms with Crippen molar-refractivity contribution in [3.8, 4) is 0 Å². The largest absolute Gasteiger partial charge is 0.388 e. The number of ether oxygens (including phenoxy) is 4. The van der Waals surface area contributed by atoms with Gasteiger partial charge in [0.15, 0.2) is 43.4 Å². The van der Waals surface area contributed by atoms with Gasteiger partial charge < -0.3 is 61.3 Å². The molecular weight excluding hydrogens is 1630 g/mol. The van der Waals surface area contributed by atoms with E-state index in [1.54, 1.807) is 4.67 Å². The number of aryl methyl sites for hydroxylation is 4. The monoisotopic (exact) mass is 1740 g/mol. The van der Waals surface area contributed by atoms with Crippen molar-refractivity contribution in [3.05, 3.63) is 142 Å². The zero-order chi connectivity index (χ0) is 83.6. The topological polar surface area (TPSA) is 391 Å². The van der Waals surface area contributed by atoms with Crippen molar-refractivity contribution >= 4 is 37.1 Å². The maximum absolute atomic E-state index is 16.0. The van der Waals surface area contributed by atoms with Gasteiger partial charge in [-0.05, 0) is 109 Å². The Morgan fingerprint density at radius 2 is 0.752 bits per heavy atom. The fraction of sp³-hybridized carbons (Fsp3) is 0.746. The molecule has 0 aliphatic carbocycles. The van der Waals surface area contributed by atoms with Crippen molar-refractivity contribution < 1.29 is 105 Å². The molecule has 0 amide bonds. The summed E-state index contributed by atoms with van der Waals surface area (Å²) in [6.45, 7) is 30.5. The molecular formula is C67H110F11N10O20P5. The second-order valence-electron chi connectivity index (χ2n) is 29.2. The Morgan fingerprint density at radius 1 is 0.478 bits per heavy atom. The second kappa shape index (κ2) is 40.3. The normalized spacial score (nSPS) is 25.8. The summed E-state index contributed by atoms with van der Waals surface area (Å²) >= 11 is 0. The highest BCUT2D eigenvalue weighted by molar-refractivity contribution is 7.64. The molecule has 4 saturated heterocycles. The molecule has 46 heteroatoms. The molecule has 4 aromatic heterocycles. The average molecular weight is 1740 g/mol. The Kier molecular flexibility index (Phi) is 37.6. The zero-order valence-corrected chi connectivity index (χ0v) is 67.2. The Hall–Kier alpha value is -5.57. The third-order valence-corrected chi connectivity index (χ3v) is 27.6. The molecule has 0 spiro atoms. The van der Waals surface area contributed by atoms with Gasteiger partial charge in [0.25, 0.3) is 53.4 Å². The minimum atomic E-state index is -3.97. The minimum Gasteiger partial charge on any atom is -0.388 e. The van der Waals surface area contributed by atoms with E-state index in [0.717, 1.165) is 85.6 Å². The predicted molar refractivity (Wildman–Crippen MR) is 409 cm³/mol. The molecule has 30 nitrogen and oxygen atoms in total. The van der Waals surface area contributed by atoms with E-state index in [2.05, 4.69) is 9.83 Å². The highest BCUT2D eigenvalue weighted by atomic mass is 31.2. The van der Waals surface area contributed by atoms with Crippen LogP contribution in [0.4, 0.5) is 48.3 Å². The van der Waals surface area contributed by atoms with Gasteiger partial charge in [-0.1, -0.05) is 43.6 Å². The average Bonchev–Trinajstić information content (AvgIpc) is 1.65. The van der Waals surface area contributed by atoms with Crippen LogP contribution in [0.3, 0.4) is 0 Å². The number of aromatic nitrogens is 8. The van der Waals surface area contributed by atoms with E-state index in [1.807, 2.05) is 42.6 Å². The summed E-state index contributed by atoms with van der Waals surface area (Å²) in [6, 6.07) is -0.294. The number of halogens is 11. The molecule has 0 bridgehead atoms. The van der Waals surface area contributed by atoms with Crippen molar-refractivity contribution in [2.75, 3.05) is 66.5 Å². The molecule has 1 unspecified atom stereocenters. The molecule has 17 atom stereocenters. The number of aromatic amines is 4. The smallest absolute Gasteiger partial charge is 0.330 e. The Bertz CT molecular complexity index is 4300. The van der Waals surface area contributed by atoms with E-state index >= 15 is 4.39 Å². The number of alkyl halides is 11. The lowest BCUT2D eigenvalue weighted by Crippen LogP contribution is -2.40. The molecule has 8 rings (SSSR count). The Labute approximate surface area is 647 Å². The number of rotatable bonds is 24. The van der Waals surface area contributed by atoms with Crippen LogP contribution in [-0.2, 0) is 46.3 Å². The van der Waals surface area contributed by atoms with Gasteiger partial charge in [0.05, 0.1) is 24.4 Å². The van der Waals surface area contributed by atoms with Crippen LogP contribution in [0.5, 0.6) is 0 Å². The van der Waals surface area contributed by atoms with Gasteiger partial charge in [0.1, 0.15) is 53.5 Å². The van der Waals surface area contributed by atoms with Crippen LogP contribution >= 0.6 is 37.1 Å². The van der Waals surface area contributed by atoms with Crippen molar-refractivity contribution in [2.24, 2.45) is 11.8 Å². The van der Waals surface area contributed by atoms with E-state index in [-0.39, 0.29) is 77.2 Å². The Morgan fingerprint density at radius 3 is 1.08 bits per heavy atom. The first-order chi connectivity index (χ1) is 49.6. The van der Waals surface area contributed by atoms with E-state index in [9.17, 15) is 111 Å². The fourth-order valence-electron chi connectivity index (χ4n) is 11.3. The highest BCUT2D eigenvalue weighted by Crippen LogP contribution is 2.62. The summed E-state index contributed by atoms with van der Waals surface area (Å²) in [5, 5.41) is 20.1. The van der Waals surface area contributed by atoms with Gasteiger partial charge in [0.2, 0.25) is 6.54 Å². The van der Waals surface area contributed by atoms with Gasteiger partial charge >= 0.3 is 22.8 Å². The molecule has 0 saturated carbocycles. The SMILES string of the molecule is C.C.C.C.Cc1cn([C@@H]2O[C@H](CC(F)(F)P(C)(C)=O)[C@@H](C)[C@@H]2O)c(=O)[nH]c1=O.Cc1cn([C@@H]2O[C@H](CC(F)(F)P(C)(C)=O)[C@@H](C)[C@H]2F)c(=O)[nH]c1=O.Cc1cn([C@@H]2O[C@H](CC(F)(F)P(C)(C)=O)[C@@H](O)[C@H]2F)c(=O)[nH]c1=O.[C-]#[N+]CCOP(O[C@H]1[C@@H](F)[C@H](n2cc(C)c(=O)[nH]c2=O)O[C@@H]1CC(F)(F)P(C)(C)=O)N(C(C)C)C(C)C. The maximum atomic E-state index is 16.0. The molecule has 650 valence electrons. The van der Waals surface area contributed by atoms with Crippen LogP contribution in [0.1, 0.15) is 144 Å². The van der Waals surface area contributed by atoms with Crippen LogP contribution in [-0.4, -0.2) is 216 Å².